The van der Waals surface area contributed by atoms with Crippen LogP contribution in [-0.4, -0.2) is 18.1 Å². The van der Waals surface area contributed by atoms with E-state index in [1.165, 1.54) is 0 Å². The Hall–Kier alpha value is -1.29. The van der Waals surface area contributed by atoms with Crippen LogP contribution in [0, 0.1) is 17.8 Å². The number of rotatable bonds is 6. The summed E-state index contributed by atoms with van der Waals surface area (Å²) >= 11 is 0. The molecule has 0 spiro atoms. The molecule has 22 heavy (non-hydrogen) atoms. The van der Waals surface area contributed by atoms with Gasteiger partial charge in [0.1, 0.15) is 5.76 Å². The van der Waals surface area contributed by atoms with Crippen LogP contribution < -0.4 is 5.32 Å². The molecule has 1 aromatic rings. The lowest BCUT2D eigenvalue weighted by Gasteiger charge is -2.40. The summed E-state index contributed by atoms with van der Waals surface area (Å²) in [6.07, 6.45) is 4.29. The van der Waals surface area contributed by atoms with Crippen LogP contribution >= 0.6 is 0 Å². The van der Waals surface area contributed by atoms with E-state index in [4.69, 9.17) is 9.15 Å². The number of carbonyl (C=O) groups excluding carboxylic acids is 1. The Morgan fingerprint density at radius 3 is 2.82 bits per heavy atom. The van der Waals surface area contributed by atoms with Crippen LogP contribution in [0.1, 0.15) is 52.7 Å². The number of carbonyl (C=O) groups is 1. The Kier molecular flexibility index (Phi) is 5.68. The van der Waals surface area contributed by atoms with E-state index in [1.807, 2.05) is 12.1 Å². The molecular weight excluding hydrogens is 278 g/mol. The number of amides is 1. The maximum absolute atomic E-state index is 12.3. The average molecular weight is 307 g/mol. The maximum Gasteiger partial charge on any atom is 0.220 e. The Morgan fingerprint density at radius 2 is 2.23 bits per heavy atom. The maximum atomic E-state index is 12.3. The zero-order valence-electron chi connectivity index (χ0n) is 14.2. The van der Waals surface area contributed by atoms with Crippen molar-refractivity contribution >= 4 is 5.91 Å². The first kappa shape index (κ1) is 17.1. The van der Waals surface area contributed by atoms with Crippen molar-refractivity contribution in [3.8, 4) is 0 Å². The molecule has 0 aromatic carbocycles. The highest BCUT2D eigenvalue weighted by Crippen LogP contribution is 2.37. The minimum Gasteiger partial charge on any atom is -0.467 e. The molecule has 1 saturated heterocycles. The summed E-state index contributed by atoms with van der Waals surface area (Å²) in [5, 5.41) is 2.97. The molecule has 2 atom stereocenters. The molecule has 2 heterocycles. The Bertz CT molecular complexity index is 465. The molecule has 0 saturated carbocycles. The zero-order chi connectivity index (χ0) is 16.2. The zero-order valence-corrected chi connectivity index (χ0v) is 14.2. The number of furan rings is 1. The molecule has 0 unspecified atom stereocenters. The third kappa shape index (κ3) is 4.87. The van der Waals surface area contributed by atoms with E-state index in [9.17, 15) is 4.79 Å². The summed E-state index contributed by atoms with van der Waals surface area (Å²) in [7, 11) is 0. The molecule has 1 aliphatic heterocycles. The fourth-order valence-electron chi connectivity index (χ4n) is 3.48. The van der Waals surface area contributed by atoms with Gasteiger partial charge < -0.3 is 14.5 Å². The molecule has 1 aromatic heterocycles. The van der Waals surface area contributed by atoms with Crippen molar-refractivity contribution in [1.82, 2.24) is 5.32 Å². The summed E-state index contributed by atoms with van der Waals surface area (Å²) < 4.78 is 11.1. The third-order valence-electron chi connectivity index (χ3n) is 4.66. The molecule has 2 rings (SSSR count). The highest BCUT2D eigenvalue weighted by atomic mass is 16.5. The van der Waals surface area contributed by atoms with Gasteiger partial charge in [-0.3, -0.25) is 4.79 Å². The van der Waals surface area contributed by atoms with Gasteiger partial charge in [0, 0.05) is 13.0 Å². The largest absolute Gasteiger partial charge is 0.467 e. The van der Waals surface area contributed by atoms with Crippen molar-refractivity contribution < 1.29 is 13.9 Å². The van der Waals surface area contributed by atoms with E-state index >= 15 is 0 Å². The lowest BCUT2D eigenvalue weighted by atomic mass is 9.73. The highest BCUT2D eigenvalue weighted by molar-refractivity contribution is 5.76. The number of ether oxygens (including phenoxy) is 1. The topological polar surface area (TPSA) is 51.5 Å². The van der Waals surface area contributed by atoms with Crippen molar-refractivity contribution in [1.29, 1.82) is 0 Å². The van der Waals surface area contributed by atoms with Gasteiger partial charge in [0.15, 0.2) is 0 Å². The van der Waals surface area contributed by atoms with Gasteiger partial charge >= 0.3 is 0 Å². The lowest BCUT2D eigenvalue weighted by Crippen LogP contribution is -2.39. The number of nitrogens with one attached hydrogen (secondary N) is 1. The second kappa shape index (κ2) is 7.32. The van der Waals surface area contributed by atoms with Gasteiger partial charge in [0.05, 0.1) is 18.4 Å². The summed E-state index contributed by atoms with van der Waals surface area (Å²) in [5.74, 6) is 2.35. The fraction of sp³-hybridized carbons (Fsp3) is 0.722. The molecule has 4 nitrogen and oxygen atoms in total. The SMILES string of the molecule is CC(C)[C@H](CC(=O)NCc1ccco1)[C@@H]1CCOC(C)(C)C1. The minimum absolute atomic E-state index is 0.0687. The smallest absolute Gasteiger partial charge is 0.220 e. The van der Waals surface area contributed by atoms with E-state index < -0.39 is 0 Å². The van der Waals surface area contributed by atoms with Crippen LogP contribution in [0.25, 0.3) is 0 Å². The normalized spacial score (nSPS) is 22.5. The monoisotopic (exact) mass is 307 g/mol. The molecule has 0 aliphatic carbocycles. The number of hydrogen-bond acceptors (Lipinski definition) is 3. The van der Waals surface area contributed by atoms with Crippen molar-refractivity contribution in [3.63, 3.8) is 0 Å². The Labute approximate surface area is 133 Å². The van der Waals surface area contributed by atoms with Crippen LogP contribution in [-0.2, 0) is 16.1 Å². The summed E-state index contributed by atoms with van der Waals surface area (Å²) in [4.78, 5) is 12.3. The molecule has 124 valence electrons. The van der Waals surface area contributed by atoms with Crippen LogP contribution in [0.4, 0.5) is 0 Å². The van der Waals surface area contributed by atoms with Crippen molar-refractivity contribution in [2.24, 2.45) is 17.8 Å². The first-order chi connectivity index (χ1) is 10.4. The minimum atomic E-state index is -0.0687. The highest BCUT2D eigenvalue weighted by Gasteiger charge is 2.35. The van der Waals surface area contributed by atoms with Crippen LogP contribution in [0.5, 0.6) is 0 Å². The first-order valence-electron chi connectivity index (χ1n) is 8.30. The van der Waals surface area contributed by atoms with E-state index in [1.54, 1.807) is 6.26 Å². The van der Waals surface area contributed by atoms with Crippen molar-refractivity contribution in [3.05, 3.63) is 24.2 Å². The number of hydrogen-bond donors (Lipinski definition) is 1. The molecule has 0 radical (unpaired) electrons. The predicted octanol–water partition coefficient (Wildman–Crippen LogP) is 3.76. The average Bonchev–Trinajstić information content (AvgIpc) is 2.94. The third-order valence-corrected chi connectivity index (χ3v) is 4.66. The Morgan fingerprint density at radius 1 is 1.45 bits per heavy atom. The second-order valence-corrected chi connectivity index (χ2v) is 7.33. The molecule has 0 bridgehead atoms. The van der Waals surface area contributed by atoms with Crippen LogP contribution in [0.3, 0.4) is 0 Å². The van der Waals surface area contributed by atoms with Gasteiger partial charge in [-0.25, -0.2) is 0 Å². The first-order valence-corrected chi connectivity index (χ1v) is 8.30. The van der Waals surface area contributed by atoms with E-state index in [-0.39, 0.29) is 11.5 Å². The van der Waals surface area contributed by atoms with E-state index in [0.717, 1.165) is 25.2 Å². The Balaban J connectivity index is 1.89. The van der Waals surface area contributed by atoms with Crippen LogP contribution in [0.15, 0.2) is 22.8 Å². The lowest BCUT2D eigenvalue weighted by molar-refractivity contribution is -0.125. The van der Waals surface area contributed by atoms with Gasteiger partial charge in [-0.2, -0.15) is 0 Å². The molecular formula is C18H29NO3. The standard InChI is InChI=1S/C18H29NO3/c1-13(2)16(14-7-9-22-18(3,4)11-14)10-17(20)19-12-15-6-5-8-21-15/h5-6,8,13-14,16H,7,9-12H2,1-4H3,(H,19,20)/t14-,16+/m1/s1. The van der Waals surface area contributed by atoms with Crippen molar-refractivity contribution in [2.45, 2.75) is 59.1 Å². The molecule has 1 amide bonds. The van der Waals surface area contributed by atoms with E-state index in [2.05, 4.69) is 33.0 Å². The van der Waals surface area contributed by atoms with Gasteiger partial charge in [0.25, 0.3) is 0 Å². The van der Waals surface area contributed by atoms with Crippen molar-refractivity contribution in [2.75, 3.05) is 6.61 Å². The molecule has 1 fully saturated rings. The van der Waals surface area contributed by atoms with Gasteiger partial charge in [-0.15, -0.1) is 0 Å². The van der Waals surface area contributed by atoms with E-state index in [0.29, 0.717) is 30.7 Å². The summed E-state index contributed by atoms with van der Waals surface area (Å²) in [5.41, 5.74) is -0.0687. The predicted molar refractivity (Wildman–Crippen MR) is 86.3 cm³/mol. The van der Waals surface area contributed by atoms with Gasteiger partial charge in [-0.05, 0) is 56.6 Å². The quantitative estimate of drug-likeness (QED) is 0.870. The molecule has 4 heteroatoms. The van der Waals surface area contributed by atoms with Gasteiger partial charge in [0.2, 0.25) is 5.91 Å². The van der Waals surface area contributed by atoms with Gasteiger partial charge in [-0.1, -0.05) is 13.8 Å². The second-order valence-electron chi connectivity index (χ2n) is 7.33. The fourth-order valence-corrected chi connectivity index (χ4v) is 3.48. The molecule has 1 N–H and O–H groups in total. The molecule has 1 aliphatic rings. The van der Waals surface area contributed by atoms with Crippen LogP contribution in [0.2, 0.25) is 0 Å². The summed E-state index contributed by atoms with van der Waals surface area (Å²) in [6.45, 7) is 9.99. The summed E-state index contributed by atoms with van der Waals surface area (Å²) in [6, 6.07) is 3.71.